The molecule has 22 heavy (non-hydrogen) atoms. The maximum absolute atomic E-state index is 13.6. The third-order valence-corrected chi connectivity index (χ3v) is 3.70. The molecular weight excluding hydrogens is 373 g/mol. The van der Waals surface area contributed by atoms with Crippen LogP contribution in [0.5, 0.6) is 5.75 Å². The second-order valence-corrected chi connectivity index (χ2v) is 6.18. The van der Waals surface area contributed by atoms with E-state index < -0.39 is 11.7 Å². The summed E-state index contributed by atoms with van der Waals surface area (Å²) in [5, 5.41) is 2.90. The first-order valence-electron chi connectivity index (χ1n) is 6.51. The minimum absolute atomic E-state index is 0.100. The van der Waals surface area contributed by atoms with E-state index in [1.165, 1.54) is 12.1 Å². The van der Waals surface area contributed by atoms with Crippen LogP contribution in [0.15, 0.2) is 34.8 Å². The number of anilines is 1. The molecule has 0 radical (unpaired) electrons. The van der Waals surface area contributed by atoms with Gasteiger partial charge in [0.05, 0.1) is 10.7 Å². The van der Waals surface area contributed by atoms with Crippen LogP contribution < -0.4 is 10.1 Å². The second kappa shape index (κ2) is 7.11. The van der Waals surface area contributed by atoms with E-state index in [0.29, 0.717) is 15.2 Å². The largest absolute Gasteiger partial charge is 0.482 e. The number of carbonyl (C=O) groups excluding carboxylic acids is 1. The fourth-order valence-electron chi connectivity index (χ4n) is 2.00. The van der Waals surface area contributed by atoms with Crippen LogP contribution in [0.2, 0.25) is 5.02 Å². The summed E-state index contributed by atoms with van der Waals surface area (Å²) in [5.41, 5.74) is 1.95. The molecule has 0 unspecified atom stereocenters. The van der Waals surface area contributed by atoms with Crippen molar-refractivity contribution in [1.29, 1.82) is 0 Å². The average molecular weight is 387 g/mol. The van der Waals surface area contributed by atoms with Gasteiger partial charge in [0, 0.05) is 4.47 Å². The number of benzene rings is 2. The van der Waals surface area contributed by atoms with Crippen molar-refractivity contribution in [2.45, 2.75) is 13.8 Å². The number of rotatable bonds is 4. The van der Waals surface area contributed by atoms with Crippen molar-refractivity contribution in [3.63, 3.8) is 0 Å². The minimum atomic E-state index is -0.521. The number of hydrogen-bond acceptors (Lipinski definition) is 2. The molecule has 3 nitrogen and oxygen atoms in total. The summed E-state index contributed by atoms with van der Waals surface area (Å²) in [4.78, 5) is 11.9. The number of ether oxygens (including phenoxy) is 1. The lowest BCUT2D eigenvalue weighted by Gasteiger charge is -2.12. The predicted molar refractivity (Wildman–Crippen MR) is 89.2 cm³/mol. The van der Waals surface area contributed by atoms with Crippen LogP contribution in [-0.2, 0) is 4.79 Å². The summed E-state index contributed by atoms with van der Waals surface area (Å²) >= 11 is 9.25. The molecule has 2 aromatic rings. The highest BCUT2D eigenvalue weighted by molar-refractivity contribution is 9.10. The Morgan fingerprint density at radius 3 is 2.68 bits per heavy atom. The van der Waals surface area contributed by atoms with Crippen LogP contribution in [-0.4, -0.2) is 12.5 Å². The summed E-state index contributed by atoms with van der Waals surface area (Å²) in [6.45, 7) is 3.52. The van der Waals surface area contributed by atoms with Gasteiger partial charge in [-0.05, 0) is 49.2 Å². The van der Waals surface area contributed by atoms with E-state index >= 15 is 0 Å². The second-order valence-electron chi connectivity index (χ2n) is 4.85. The molecule has 0 aliphatic heterocycles. The number of hydrogen-bond donors (Lipinski definition) is 1. The van der Waals surface area contributed by atoms with Gasteiger partial charge < -0.3 is 10.1 Å². The number of nitrogens with one attached hydrogen (secondary N) is 1. The highest BCUT2D eigenvalue weighted by Gasteiger charge is 2.11. The van der Waals surface area contributed by atoms with Gasteiger partial charge in [-0.3, -0.25) is 4.79 Å². The van der Waals surface area contributed by atoms with Crippen LogP contribution in [0.4, 0.5) is 10.1 Å². The lowest BCUT2D eigenvalue weighted by atomic mass is 10.1. The van der Waals surface area contributed by atoms with E-state index in [-0.39, 0.29) is 12.3 Å². The minimum Gasteiger partial charge on any atom is -0.482 e. The van der Waals surface area contributed by atoms with Gasteiger partial charge in [-0.2, -0.15) is 0 Å². The van der Waals surface area contributed by atoms with Crippen molar-refractivity contribution in [3.05, 3.63) is 56.8 Å². The van der Waals surface area contributed by atoms with Gasteiger partial charge >= 0.3 is 0 Å². The van der Waals surface area contributed by atoms with Crippen LogP contribution in [0.1, 0.15) is 11.1 Å². The molecule has 2 aromatic carbocycles. The Morgan fingerprint density at radius 1 is 1.32 bits per heavy atom. The molecule has 116 valence electrons. The van der Waals surface area contributed by atoms with E-state index in [1.54, 1.807) is 12.1 Å². The fraction of sp³-hybridized carbons (Fsp3) is 0.188. The molecule has 0 aromatic heterocycles. The van der Waals surface area contributed by atoms with E-state index in [1.807, 2.05) is 19.9 Å². The Kier molecular flexibility index (Phi) is 5.42. The van der Waals surface area contributed by atoms with Gasteiger partial charge in [-0.15, -0.1) is 0 Å². The molecule has 1 N–H and O–H groups in total. The fourth-order valence-corrected chi connectivity index (χ4v) is 2.71. The van der Waals surface area contributed by atoms with E-state index in [2.05, 4.69) is 21.2 Å². The number of aryl methyl sites for hydroxylation is 2. The van der Waals surface area contributed by atoms with Gasteiger partial charge in [0.25, 0.3) is 5.91 Å². The Morgan fingerprint density at radius 2 is 2.05 bits per heavy atom. The van der Waals surface area contributed by atoms with Gasteiger partial charge in [0.1, 0.15) is 11.6 Å². The van der Waals surface area contributed by atoms with Crippen molar-refractivity contribution in [2.75, 3.05) is 11.9 Å². The summed E-state index contributed by atoms with van der Waals surface area (Å²) in [6, 6.07) is 8.06. The summed E-state index contributed by atoms with van der Waals surface area (Å²) in [6.07, 6.45) is 0. The van der Waals surface area contributed by atoms with Gasteiger partial charge in [-0.25, -0.2) is 4.39 Å². The normalized spacial score (nSPS) is 10.4. The number of halogens is 3. The Hall–Kier alpha value is -1.59. The number of amides is 1. The smallest absolute Gasteiger partial charge is 0.262 e. The number of carbonyl (C=O) groups is 1. The van der Waals surface area contributed by atoms with E-state index in [9.17, 15) is 9.18 Å². The lowest BCUT2D eigenvalue weighted by Crippen LogP contribution is -2.21. The standard InChI is InChI=1S/C16H14BrClFNO2/c1-9-5-10(2)16(12(18)6-9)22-8-15(21)20-14-4-3-11(17)7-13(14)19/h3-7H,8H2,1-2H3,(H,20,21). The average Bonchev–Trinajstić information content (AvgIpc) is 2.40. The Labute approximate surface area is 141 Å². The van der Waals surface area contributed by atoms with Crippen LogP contribution in [0.3, 0.4) is 0 Å². The van der Waals surface area contributed by atoms with Gasteiger partial charge in [0.15, 0.2) is 6.61 Å². The van der Waals surface area contributed by atoms with Crippen molar-refractivity contribution in [1.82, 2.24) is 0 Å². The van der Waals surface area contributed by atoms with Crippen LogP contribution in [0.25, 0.3) is 0 Å². The summed E-state index contributed by atoms with van der Waals surface area (Å²) in [5.74, 6) is -0.525. The third-order valence-electron chi connectivity index (χ3n) is 2.93. The van der Waals surface area contributed by atoms with Gasteiger partial charge in [-0.1, -0.05) is 33.6 Å². The van der Waals surface area contributed by atoms with Crippen molar-refractivity contribution in [2.24, 2.45) is 0 Å². The zero-order chi connectivity index (χ0) is 16.3. The molecule has 2 rings (SSSR count). The Bertz CT molecular complexity index is 698. The molecule has 0 saturated carbocycles. The quantitative estimate of drug-likeness (QED) is 0.813. The first-order chi connectivity index (χ1) is 10.4. The van der Waals surface area contributed by atoms with Crippen molar-refractivity contribution < 1.29 is 13.9 Å². The molecule has 0 bridgehead atoms. The molecule has 6 heteroatoms. The summed E-state index contributed by atoms with van der Waals surface area (Å²) in [7, 11) is 0. The molecule has 0 fully saturated rings. The molecule has 0 saturated heterocycles. The molecule has 0 heterocycles. The van der Waals surface area contributed by atoms with Crippen LogP contribution in [0, 0.1) is 19.7 Å². The Balaban J connectivity index is 2.02. The van der Waals surface area contributed by atoms with Crippen molar-refractivity contribution >= 4 is 39.1 Å². The predicted octanol–water partition coefficient (Wildman–Crippen LogP) is 4.88. The van der Waals surface area contributed by atoms with Gasteiger partial charge in [0.2, 0.25) is 0 Å². The highest BCUT2D eigenvalue weighted by Crippen LogP contribution is 2.29. The van der Waals surface area contributed by atoms with E-state index in [4.69, 9.17) is 16.3 Å². The molecule has 1 amide bonds. The van der Waals surface area contributed by atoms with Crippen molar-refractivity contribution in [3.8, 4) is 5.75 Å². The van der Waals surface area contributed by atoms with E-state index in [0.717, 1.165) is 11.1 Å². The monoisotopic (exact) mass is 385 g/mol. The molecule has 0 spiro atoms. The first-order valence-corrected chi connectivity index (χ1v) is 7.68. The highest BCUT2D eigenvalue weighted by atomic mass is 79.9. The maximum Gasteiger partial charge on any atom is 0.262 e. The summed E-state index contributed by atoms with van der Waals surface area (Å²) < 4.78 is 19.7. The zero-order valence-corrected chi connectivity index (χ0v) is 14.4. The SMILES string of the molecule is Cc1cc(C)c(OCC(=O)Nc2ccc(Br)cc2F)c(Cl)c1. The molecular formula is C16H14BrClFNO2. The first kappa shape index (κ1) is 16.8. The molecule has 0 atom stereocenters. The lowest BCUT2D eigenvalue weighted by molar-refractivity contribution is -0.118. The third kappa shape index (κ3) is 4.21. The zero-order valence-electron chi connectivity index (χ0n) is 12.0. The molecule has 0 aliphatic carbocycles. The topological polar surface area (TPSA) is 38.3 Å². The maximum atomic E-state index is 13.6. The van der Waals surface area contributed by atoms with Crippen LogP contribution >= 0.6 is 27.5 Å². The molecule has 0 aliphatic rings.